The highest BCUT2D eigenvalue weighted by Crippen LogP contribution is 2.11. The Labute approximate surface area is 106 Å². The maximum absolute atomic E-state index is 11.9. The van der Waals surface area contributed by atoms with Gasteiger partial charge in [0.25, 0.3) is 5.56 Å². The number of aryl methyl sites for hydroxylation is 3. The maximum Gasteiger partial charge on any atom is 0.330 e. The molecule has 0 atom stereocenters. The van der Waals surface area contributed by atoms with Crippen LogP contribution in [-0.4, -0.2) is 14.1 Å². The van der Waals surface area contributed by atoms with E-state index in [2.05, 4.69) is 4.98 Å². The van der Waals surface area contributed by atoms with E-state index >= 15 is 0 Å². The second kappa shape index (κ2) is 5.16. The van der Waals surface area contributed by atoms with Crippen molar-refractivity contribution in [3.8, 4) is 0 Å². The lowest BCUT2D eigenvalue weighted by Crippen LogP contribution is -2.37. The molecular formula is C13H19N3O2. The van der Waals surface area contributed by atoms with Crippen molar-refractivity contribution in [2.24, 2.45) is 14.1 Å². The number of fused-ring (bicyclic) bond motifs is 1. The van der Waals surface area contributed by atoms with E-state index in [9.17, 15) is 9.59 Å². The highest BCUT2D eigenvalue weighted by atomic mass is 16.2. The van der Waals surface area contributed by atoms with Gasteiger partial charge in [0.15, 0.2) is 0 Å². The second-order valence-corrected chi connectivity index (χ2v) is 3.95. The average Bonchev–Trinajstić information content (AvgIpc) is 2.35. The van der Waals surface area contributed by atoms with E-state index in [-0.39, 0.29) is 11.2 Å². The van der Waals surface area contributed by atoms with Gasteiger partial charge in [-0.25, -0.2) is 4.79 Å². The number of rotatable bonds is 0. The van der Waals surface area contributed by atoms with E-state index in [0.29, 0.717) is 16.6 Å². The molecule has 0 aliphatic rings. The maximum atomic E-state index is 11.9. The van der Waals surface area contributed by atoms with E-state index < -0.39 is 0 Å². The summed E-state index contributed by atoms with van der Waals surface area (Å²) in [5, 5.41) is 0.509. The zero-order chi connectivity index (χ0) is 14.0. The van der Waals surface area contributed by atoms with Crippen molar-refractivity contribution >= 4 is 10.9 Å². The number of hydrogen-bond donors (Lipinski definition) is 0. The summed E-state index contributed by atoms with van der Waals surface area (Å²) in [5.41, 5.74) is 1.49. The van der Waals surface area contributed by atoms with Crippen LogP contribution in [0.3, 0.4) is 0 Å². The lowest BCUT2D eigenvalue weighted by Gasteiger charge is -2.09. The third-order valence-corrected chi connectivity index (χ3v) is 2.76. The smallest absolute Gasteiger partial charge is 0.296 e. The van der Waals surface area contributed by atoms with Crippen LogP contribution in [0.1, 0.15) is 25.2 Å². The Balaban J connectivity index is 0.000000771. The molecule has 0 bridgehead atoms. The molecule has 2 rings (SSSR count). The summed E-state index contributed by atoms with van der Waals surface area (Å²) in [4.78, 5) is 27.9. The summed E-state index contributed by atoms with van der Waals surface area (Å²) in [6.45, 7) is 7.62. The van der Waals surface area contributed by atoms with Gasteiger partial charge in [0.1, 0.15) is 0 Å². The molecule has 0 saturated heterocycles. The second-order valence-electron chi connectivity index (χ2n) is 3.95. The fourth-order valence-corrected chi connectivity index (χ4v) is 1.92. The van der Waals surface area contributed by atoms with Crippen LogP contribution in [-0.2, 0) is 14.1 Å². The van der Waals surface area contributed by atoms with Gasteiger partial charge in [-0.05, 0) is 19.9 Å². The zero-order valence-electron chi connectivity index (χ0n) is 11.7. The molecule has 5 nitrogen and oxygen atoms in total. The molecule has 2 aromatic heterocycles. The normalized spacial score (nSPS) is 10.1. The third kappa shape index (κ3) is 2.08. The van der Waals surface area contributed by atoms with E-state index in [4.69, 9.17) is 0 Å². The summed E-state index contributed by atoms with van der Waals surface area (Å²) in [6, 6.07) is 1.76. The highest BCUT2D eigenvalue weighted by molar-refractivity contribution is 5.80. The molecule has 0 spiro atoms. The number of aromatic nitrogens is 3. The van der Waals surface area contributed by atoms with Crippen molar-refractivity contribution in [3.63, 3.8) is 0 Å². The van der Waals surface area contributed by atoms with Gasteiger partial charge in [-0.1, -0.05) is 13.8 Å². The Morgan fingerprint density at radius 1 is 1.06 bits per heavy atom. The Morgan fingerprint density at radius 2 is 1.61 bits per heavy atom. The molecule has 0 radical (unpaired) electrons. The first kappa shape index (κ1) is 14.2. The minimum absolute atomic E-state index is 0.289. The monoisotopic (exact) mass is 249 g/mol. The molecule has 0 amide bonds. The average molecular weight is 249 g/mol. The molecule has 2 heterocycles. The quantitative estimate of drug-likeness (QED) is 0.706. The van der Waals surface area contributed by atoms with Gasteiger partial charge in [0.2, 0.25) is 0 Å². The number of hydrogen-bond acceptors (Lipinski definition) is 3. The molecule has 0 N–H and O–H groups in total. The summed E-state index contributed by atoms with van der Waals surface area (Å²) in [5.74, 6) is 0. The fraction of sp³-hybridized carbons (Fsp3) is 0.462. The molecule has 98 valence electrons. The van der Waals surface area contributed by atoms with Crippen molar-refractivity contribution in [1.82, 2.24) is 14.1 Å². The molecular weight excluding hydrogens is 230 g/mol. The minimum atomic E-state index is -0.317. The van der Waals surface area contributed by atoms with Crippen molar-refractivity contribution in [1.29, 1.82) is 0 Å². The van der Waals surface area contributed by atoms with Crippen LogP contribution in [0.4, 0.5) is 0 Å². The van der Waals surface area contributed by atoms with Gasteiger partial charge >= 0.3 is 5.69 Å². The van der Waals surface area contributed by atoms with Crippen LogP contribution in [0.2, 0.25) is 0 Å². The molecule has 2 aromatic rings. The molecule has 0 fully saturated rings. The lowest BCUT2D eigenvalue weighted by atomic mass is 10.2. The first-order valence-electron chi connectivity index (χ1n) is 5.97. The van der Waals surface area contributed by atoms with Crippen LogP contribution in [0, 0.1) is 13.8 Å². The Kier molecular flexibility index (Phi) is 4.06. The topological polar surface area (TPSA) is 56.9 Å². The molecule has 0 unspecified atom stereocenters. The predicted octanol–water partition coefficient (Wildman–Crippen LogP) is 1.28. The van der Waals surface area contributed by atoms with E-state index in [0.717, 1.165) is 10.3 Å². The molecule has 5 heteroatoms. The zero-order valence-corrected chi connectivity index (χ0v) is 11.7. The van der Waals surface area contributed by atoms with E-state index in [1.54, 1.807) is 20.0 Å². The van der Waals surface area contributed by atoms with Gasteiger partial charge in [0, 0.05) is 19.8 Å². The van der Waals surface area contributed by atoms with Gasteiger partial charge in [-0.15, -0.1) is 0 Å². The van der Waals surface area contributed by atoms with Crippen molar-refractivity contribution < 1.29 is 0 Å². The number of nitrogens with zero attached hydrogens (tertiary/aromatic N) is 3. The number of pyridine rings is 1. The van der Waals surface area contributed by atoms with Crippen LogP contribution in [0.5, 0.6) is 0 Å². The van der Waals surface area contributed by atoms with Gasteiger partial charge in [-0.3, -0.25) is 18.9 Å². The third-order valence-electron chi connectivity index (χ3n) is 2.76. The van der Waals surface area contributed by atoms with Gasteiger partial charge in [0.05, 0.1) is 16.6 Å². The Morgan fingerprint density at radius 3 is 2.17 bits per heavy atom. The Bertz CT molecular complexity index is 696. The van der Waals surface area contributed by atoms with E-state index in [1.165, 1.54) is 11.6 Å². The summed E-state index contributed by atoms with van der Waals surface area (Å²) < 4.78 is 2.57. The molecule has 0 aliphatic heterocycles. The van der Waals surface area contributed by atoms with Gasteiger partial charge in [-0.2, -0.15) is 0 Å². The summed E-state index contributed by atoms with van der Waals surface area (Å²) in [6.07, 6.45) is 0. The van der Waals surface area contributed by atoms with Crippen molar-refractivity contribution in [2.75, 3.05) is 0 Å². The fourth-order valence-electron chi connectivity index (χ4n) is 1.92. The Hall–Kier alpha value is -1.91. The molecule has 18 heavy (non-hydrogen) atoms. The van der Waals surface area contributed by atoms with Crippen molar-refractivity contribution in [3.05, 3.63) is 38.3 Å². The first-order chi connectivity index (χ1) is 8.43. The van der Waals surface area contributed by atoms with Crippen LogP contribution < -0.4 is 11.2 Å². The van der Waals surface area contributed by atoms with Crippen LogP contribution in [0.25, 0.3) is 10.9 Å². The lowest BCUT2D eigenvalue weighted by molar-refractivity contribution is 0.711. The first-order valence-corrected chi connectivity index (χ1v) is 5.97. The molecule has 0 saturated carbocycles. The SMILES string of the molecule is CC.Cc1cc2c(c(C)n1)c(=O)n(C)c(=O)n2C. The summed E-state index contributed by atoms with van der Waals surface area (Å²) >= 11 is 0. The molecule has 0 aliphatic carbocycles. The van der Waals surface area contributed by atoms with Gasteiger partial charge < -0.3 is 0 Å². The van der Waals surface area contributed by atoms with Crippen LogP contribution >= 0.6 is 0 Å². The predicted molar refractivity (Wildman–Crippen MR) is 73.0 cm³/mol. The summed E-state index contributed by atoms with van der Waals surface area (Å²) in [7, 11) is 3.13. The standard InChI is InChI=1S/C11H13N3O2.C2H6/c1-6-5-8-9(7(2)12-6)10(15)14(4)11(16)13(8)3;1-2/h5H,1-4H3;1-2H3. The van der Waals surface area contributed by atoms with E-state index in [1.807, 2.05) is 20.8 Å². The largest absolute Gasteiger partial charge is 0.330 e. The minimum Gasteiger partial charge on any atom is -0.296 e. The molecule has 0 aromatic carbocycles. The van der Waals surface area contributed by atoms with Crippen molar-refractivity contribution in [2.45, 2.75) is 27.7 Å². The highest BCUT2D eigenvalue weighted by Gasteiger charge is 2.11. The van der Waals surface area contributed by atoms with Crippen LogP contribution in [0.15, 0.2) is 15.7 Å².